The first-order valence-corrected chi connectivity index (χ1v) is 27.0. The third-order valence-electron chi connectivity index (χ3n) is 12.5. The second kappa shape index (κ2) is 45.0. The summed E-state index contributed by atoms with van der Waals surface area (Å²) in [7, 11) is 3.59. The Kier molecular flexibility index (Phi) is 41.4. The summed E-state index contributed by atoms with van der Waals surface area (Å²) in [4.78, 5) is 37.9. The van der Waals surface area contributed by atoms with Gasteiger partial charge in [-0.3, -0.25) is 14.4 Å². The second-order valence-corrected chi connectivity index (χ2v) is 18.7. The Morgan fingerprint density at radius 1 is 0.375 bits per heavy atom. The van der Waals surface area contributed by atoms with E-state index in [2.05, 4.69) is 13.8 Å². The van der Waals surface area contributed by atoms with E-state index in [1.165, 1.54) is 180 Å². The largest absolute Gasteiger partial charge is 0.466 e. The van der Waals surface area contributed by atoms with Crippen LogP contribution >= 0.6 is 0 Å². The molecule has 2 aromatic rings. The molecule has 0 aliphatic rings. The maximum atomic E-state index is 12.4. The van der Waals surface area contributed by atoms with Crippen LogP contribution in [-0.2, 0) is 23.9 Å². The highest BCUT2D eigenvalue weighted by Gasteiger charge is 2.23. The summed E-state index contributed by atoms with van der Waals surface area (Å²) in [6.45, 7) is 5.65. The van der Waals surface area contributed by atoms with Gasteiger partial charge in [-0.05, 0) is 36.8 Å². The lowest BCUT2D eigenvalue weighted by Crippen LogP contribution is -2.28. The van der Waals surface area contributed by atoms with Gasteiger partial charge in [0.25, 0.3) is 0 Å². The minimum atomic E-state index is -0.220. The summed E-state index contributed by atoms with van der Waals surface area (Å²) in [5.41, 5.74) is 2.06. The summed E-state index contributed by atoms with van der Waals surface area (Å²) in [6.07, 6.45) is 45.3. The lowest BCUT2D eigenvalue weighted by molar-refractivity contribution is -0.146. The number of amides is 1. The summed E-state index contributed by atoms with van der Waals surface area (Å²) in [5.74, 6) is -0.361. The Morgan fingerprint density at radius 3 is 0.875 bits per heavy atom. The fourth-order valence-electron chi connectivity index (χ4n) is 8.38. The lowest BCUT2D eigenvalue weighted by Gasteiger charge is -2.21. The van der Waals surface area contributed by atoms with E-state index >= 15 is 0 Å². The molecule has 6 nitrogen and oxygen atoms in total. The van der Waals surface area contributed by atoms with Gasteiger partial charge in [-0.2, -0.15) is 0 Å². The molecule has 64 heavy (non-hydrogen) atoms. The summed E-state index contributed by atoms with van der Waals surface area (Å²) in [6, 6.07) is 19.8. The molecule has 0 heterocycles. The van der Waals surface area contributed by atoms with Crippen molar-refractivity contribution < 1.29 is 23.9 Å². The zero-order valence-corrected chi connectivity index (χ0v) is 42.2. The fourth-order valence-corrected chi connectivity index (χ4v) is 8.38. The van der Waals surface area contributed by atoms with Gasteiger partial charge >= 0.3 is 11.9 Å². The van der Waals surface area contributed by atoms with Crippen LogP contribution < -0.4 is 0 Å². The second-order valence-electron chi connectivity index (χ2n) is 18.7. The topological polar surface area (TPSA) is 72.9 Å². The Bertz CT molecular complexity index is 1220. The molecule has 0 aliphatic carbocycles. The van der Waals surface area contributed by atoms with Gasteiger partial charge in [0.2, 0.25) is 5.91 Å². The number of likely N-dealkylation sites (N-methyl/N-ethyl adjacent to an activating group) is 1. The van der Waals surface area contributed by atoms with Crippen molar-refractivity contribution in [3.8, 4) is 0 Å². The summed E-state index contributed by atoms with van der Waals surface area (Å²) < 4.78 is 10.8. The first-order valence-electron chi connectivity index (χ1n) is 27.0. The van der Waals surface area contributed by atoms with Crippen molar-refractivity contribution in [3.05, 3.63) is 71.8 Å². The average molecular weight is 890 g/mol. The highest BCUT2D eigenvalue weighted by molar-refractivity contribution is 5.86. The molecule has 366 valence electrons. The van der Waals surface area contributed by atoms with E-state index in [0.29, 0.717) is 38.9 Å². The van der Waals surface area contributed by atoms with Crippen molar-refractivity contribution in [2.75, 3.05) is 27.3 Å². The van der Waals surface area contributed by atoms with Gasteiger partial charge < -0.3 is 14.4 Å². The molecule has 0 spiro atoms. The molecule has 0 atom stereocenters. The molecule has 0 N–H and O–H groups in total. The molecule has 0 fully saturated rings. The highest BCUT2D eigenvalue weighted by Crippen LogP contribution is 2.26. The molecule has 0 saturated carbocycles. The van der Waals surface area contributed by atoms with Crippen LogP contribution in [0.2, 0.25) is 0 Å². The van der Waals surface area contributed by atoms with E-state index in [0.717, 1.165) is 36.8 Å². The van der Waals surface area contributed by atoms with Gasteiger partial charge in [0.1, 0.15) is 0 Å². The minimum absolute atomic E-state index is 0.104. The van der Waals surface area contributed by atoms with E-state index in [4.69, 9.17) is 9.47 Å². The van der Waals surface area contributed by atoms with Gasteiger partial charge in [-0.1, -0.05) is 267 Å². The molecule has 0 unspecified atom stereocenters. The normalized spacial score (nSPS) is 11.0. The van der Waals surface area contributed by atoms with Crippen molar-refractivity contribution in [3.63, 3.8) is 0 Å². The van der Waals surface area contributed by atoms with Gasteiger partial charge in [-0.25, -0.2) is 0 Å². The standard InChI is InChI=1S/C42H82O4.C16H17NO/c1-3-5-7-9-11-13-15-17-19-21-23-25-27-29-31-35-39-45-41(43)37-33-34-38-42(44)46-40-36-32-30-28-26-24-22-20-18-16-14-12-10-8-6-4-2;1-17(2)16(18)15(13-9-5-3-6-10-13)14-11-7-4-8-12-14/h3-40H2,1-2H3;3-12,15H,1-2H3. The predicted octanol–water partition coefficient (Wildman–Crippen LogP) is 17.1. The molecule has 0 aromatic heterocycles. The predicted molar refractivity (Wildman–Crippen MR) is 273 cm³/mol. The first kappa shape index (κ1) is 58.9. The third kappa shape index (κ3) is 36.1. The molecule has 0 aliphatic heterocycles. The number of hydrogen-bond acceptors (Lipinski definition) is 5. The minimum Gasteiger partial charge on any atom is -0.466 e. The van der Waals surface area contributed by atoms with Crippen LogP contribution in [-0.4, -0.2) is 50.1 Å². The molecule has 0 bridgehead atoms. The van der Waals surface area contributed by atoms with Crippen LogP contribution in [0.5, 0.6) is 0 Å². The van der Waals surface area contributed by atoms with E-state index in [1.807, 2.05) is 60.7 Å². The molecular weight excluding hydrogens is 791 g/mol. The maximum Gasteiger partial charge on any atom is 0.305 e. The molecule has 2 aromatic carbocycles. The van der Waals surface area contributed by atoms with E-state index in [9.17, 15) is 14.4 Å². The lowest BCUT2D eigenvalue weighted by atomic mass is 9.90. The van der Waals surface area contributed by atoms with E-state index in [-0.39, 0.29) is 23.8 Å². The zero-order valence-electron chi connectivity index (χ0n) is 42.2. The fraction of sp³-hybridized carbons (Fsp3) is 0.741. The smallest absolute Gasteiger partial charge is 0.305 e. The molecule has 1 amide bonds. The van der Waals surface area contributed by atoms with E-state index < -0.39 is 0 Å². The highest BCUT2D eigenvalue weighted by atomic mass is 16.5. The van der Waals surface area contributed by atoms with Gasteiger partial charge in [0, 0.05) is 26.9 Å². The van der Waals surface area contributed by atoms with Gasteiger partial charge in [-0.15, -0.1) is 0 Å². The van der Waals surface area contributed by atoms with E-state index in [1.54, 1.807) is 19.0 Å². The third-order valence-corrected chi connectivity index (χ3v) is 12.5. The van der Waals surface area contributed by atoms with Crippen molar-refractivity contribution >= 4 is 17.8 Å². The Morgan fingerprint density at radius 2 is 0.625 bits per heavy atom. The summed E-state index contributed by atoms with van der Waals surface area (Å²) >= 11 is 0. The maximum absolute atomic E-state index is 12.4. The first-order chi connectivity index (χ1) is 31.4. The van der Waals surface area contributed by atoms with Gasteiger partial charge in [0.05, 0.1) is 19.1 Å². The van der Waals surface area contributed by atoms with Gasteiger partial charge in [0.15, 0.2) is 0 Å². The Hall–Kier alpha value is -3.15. The van der Waals surface area contributed by atoms with Crippen molar-refractivity contribution in [1.82, 2.24) is 4.90 Å². The number of benzene rings is 2. The molecular formula is C58H99NO5. The quantitative estimate of drug-likeness (QED) is 0.0490. The Labute approximate surface area is 395 Å². The number of carbonyl (C=O) groups excluding carboxylic acids is 3. The van der Waals surface area contributed by atoms with Crippen molar-refractivity contribution in [1.29, 1.82) is 0 Å². The molecule has 6 heteroatoms. The number of rotatable bonds is 42. The molecule has 2 rings (SSSR count). The van der Waals surface area contributed by atoms with Crippen molar-refractivity contribution in [2.24, 2.45) is 0 Å². The average Bonchev–Trinajstić information content (AvgIpc) is 3.30. The van der Waals surface area contributed by atoms with Crippen LogP contribution in [0.25, 0.3) is 0 Å². The van der Waals surface area contributed by atoms with Crippen LogP contribution in [0, 0.1) is 0 Å². The number of unbranched alkanes of at least 4 members (excludes halogenated alkanes) is 31. The number of ether oxygens (including phenoxy) is 2. The van der Waals surface area contributed by atoms with Crippen molar-refractivity contribution in [2.45, 2.75) is 251 Å². The zero-order chi connectivity index (χ0) is 46.4. The van der Waals surface area contributed by atoms with Crippen LogP contribution in [0.4, 0.5) is 0 Å². The van der Waals surface area contributed by atoms with Crippen LogP contribution in [0.3, 0.4) is 0 Å². The monoisotopic (exact) mass is 890 g/mol. The Balaban J connectivity index is 0.000000932. The number of carbonyl (C=O) groups is 3. The number of nitrogens with zero attached hydrogens (tertiary/aromatic N) is 1. The van der Waals surface area contributed by atoms with Crippen LogP contribution in [0.1, 0.15) is 262 Å². The molecule has 0 radical (unpaired) electrons. The number of esters is 2. The van der Waals surface area contributed by atoms with Crippen LogP contribution in [0.15, 0.2) is 60.7 Å². The number of hydrogen-bond donors (Lipinski definition) is 0. The summed E-state index contributed by atoms with van der Waals surface area (Å²) in [5, 5.41) is 0. The molecule has 0 saturated heterocycles. The SMILES string of the molecule is CCCCCCCCCCCCCCCCCCOC(=O)CCCCC(=O)OCCCCCCCCCCCCCCCCCC.CN(C)C(=O)C(c1ccccc1)c1ccccc1.